The van der Waals surface area contributed by atoms with E-state index in [4.69, 9.17) is 21.2 Å². The zero-order valence-corrected chi connectivity index (χ0v) is 9.76. The highest BCUT2D eigenvalue weighted by molar-refractivity contribution is 6.31. The predicted molar refractivity (Wildman–Crippen MR) is 59.2 cm³/mol. The molecule has 1 aliphatic rings. The molecule has 1 N–H and O–H groups in total. The van der Waals surface area contributed by atoms with Crippen LogP contribution in [0.3, 0.4) is 0 Å². The van der Waals surface area contributed by atoms with Gasteiger partial charge >= 0.3 is 0 Å². The Balaban J connectivity index is 2.47. The fourth-order valence-corrected chi connectivity index (χ4v) is 2.17. The Morgan fingerprint density at radius 3 is 2.87 bits per heavy atom. The quantitative estimate of drug-likeness (QED) is 0.788. The van der Waals surface area contributed by atoms with Gasteiger partial charge in [0, 0.05) is 10.6 Å². The lowest BCUT2D eigenvalue weighted by molar-refractivity contribution is 0.0339. The SMILES string of the molecule is CONC1c2c(Cl)ccc(C)c2OC1C. The molecule has 2 atom stereocenters. The summed E-state index contributed by atoms with van der Waals surface area (Å²) in [6.45, 7) is 4.00. The van der Waals surface area contributed by atoms with Crippen LogP contribution >= 0.6 is 11.6 Å². The Kier molecular flexibility index (Phi) is 2.87. The summed E-state index contributed by atoms with van der Waals surface area (Å²) in [6, 6.07) is 3.85. The number of rotatable bonds is 2. The zero-order chi connectivity index (χ0) is 11.0. The number of benzene rings is 1. The number of halogens is 1. The van der Waals surface area contributed by atoms with Crippen LogP contribution in [0.1, 0.15) is 24.1 Å². The lowest BCUT2D eigenvalue weighted by Gasteiger charge is -2.15. The summed E-state index contributed by atoms with van der Waals surface area (Å²) < 4.78 is 5.76. The van der Waals surface area contributed by atoms with Crippen molar-refractivity contribution in [3.8, 4) is 5.75 Å². The van der Waals surface area contributed by atoms with Gasteiger partial charge in [0.2, 0.25) is 0 Å². The average Bonchev–Trinajstić information content (AvgIpc) is 2.53. The average molecular weight is 228 g/mol. The van der Waals surface area contributed by atoms with Crippen LogP contribution in [0.2, 0.25) is 5.02 Å². The van der Waals surface area contributed by atoms with E-state index >= 15 is 0 Å². The summed E-state index contributed by atoms with van der Waals surface area (Å²) in [5.74, 6) is 0.879. The van der Waals surface area contributed by atoms with Gasteiger partial charge in [-0.15, -0.1) is 0 Å². The Morgan fingerprint density at radius 2 is 2.20 bits per heavy atom. The molecule has 2 rings (SSSR count). The first-order valence-electron chi connectivity index (χ1n) is 4.89. The molecule has 3 nitrogen and oxygen atoms in total. The fourth-order valence-electron chi connectivity index (χ4n) is 1.90. The molecule has 82 valence electrons. The first-order valence-corrected chi connectivity index (χ1v) is 5.27. The molecular formula is C11H14ClNO2. The Morgan fingerprint density at radius 1 is 1.47 bits per heavy atom. The number of nitrogens with one attached hydrogen (secondary N) is 1. The number of hydrogen-bond donors (Lipinski definition) is 1. The summed E-state index contributed by atoms with van der Waals surface area (Å²) in [7, 11) is 1.59. The van der Waals surface area contributed by atoms with Gasteiger partial charge in [0.25, 0.3) is 0 Å². The summed E-state index contributed by atoms with van der Waals surface area (Å²) in [5, 5.41) is 0.717. The molecular weight excluding hydrogens is 214 g/mol. The highest BCUT2D eigenvalue weighted by Crippen LogP contribution is 2.43. The van der Waals surface area contributed by atoms with Crippen molar-refractivity contribution in [1.29, 1.82) is 0 Å². The number of ether oxygens (including phenoxy) is 1. The molecule has 0 saturated heterocycles. The van der Waals surface area contributed by atoms with E-state index in [1.807, 2.05) is 26.0 Å². The summed E-state index contributed by atoms with van der Waals surface area (Å²) in [6.07, 6.45) is 0.0264. The topological polar surface area (TPSA) is 30.5 Å². The van der Waals surface area contributed by atoms with Gasteiger partial charge in [-0.05, 0) is 25.5 Å². The molecule has 0 radical (unpaired) electrons. The minimum Gasteiger partial charge on any atom is -0.488 e. The maximum atomic E-state index is 6.16. The van der Waals surface area contributed by atoms with Gasteiger partial charge in [-0.3, -0.25) is 0 Å². The first kappa shape index (κ1) is 10.7. The molecule has 0 aliphatic carbocycles. The van der Waals surface area contributed by atoms with Crippen LogP contribution in [-0.4, -0.2) is 13.2 Å². The van der Waals surface area contributed by atoms with E-state index in [0.717, 1.165) is 21.9 Å². The van der Waals surface area contributed by atoms with Crippen molar-refractivity contribution in [2.75, 3.05) is 7.11 Å². The van der Waals surface area contributed by atoms with E-state index in [1.165, 1.54) is 0 Å². The molecule has 0 aromatic heterocycles. The van der Waals surface area contributed by atoms with Crippen molar-refractivity contribution >= 4 is 11.6 Å². The van der Waals surface area contributed by atoms with Crippen molar-refractivity contribution < 1.29 is 9.57 Å². The smallest absolute Gasteiger partial charge is 0.129 e. The van der Waals surface area contributed by atoms with E-state index in [-0.39, 0.29) is 12.1 Å². The molecule has 0 spiro atoms. The molecule has 4 heteroatoms. The molecule has 2 unspecified atom stereocenters. The second kappa shape index (κ2) is 4.00. The molecule has 1 aromatic carbocycles. The summed E-state index contributed by atoms with van der Waals surface area (Å²) in [4.78, 5) is 4.96. The first-order chi connectivity index (χ1) is 7.15. The van der Waals surface area contributed by atoms with E-state index in [9.17, 15) is 0 Å². The van der Waals surface area contributed by atoms with Crippen LogP contribution in [0.4, 0.5) is 0 Å². The standard InChI is InChI=1S/C11H14ClNO2/c1-6-4-5-8(12)9-10(13-14-3)7(2)15-11(6)9/h4-5,7,10,13H,1-3H3. The third kappa shape index (κ3) is 1.71. The van der Waals surface area contributed by atoms with E-state index < -0.39 is 0 Å². The van der Waals surface area contributed by atoms with Crippen LogP contribution in [-0.2, 0) is 4.84 Å². The number of hydrogen-bond acceptors (Lipinski definition) is 3. The van der Waals surface area contributed by atoms with Crippen molar-refractivity contribution in [2.45, 2.75) is 26.0 Å². The van der Waals surface area contributed by atoms with Crippen LogP contribution in [0.5, 0.6) is 5.75 Å². The monoisotopic (exact) mass is 227 g/mol. The lowest BCUT2D eigenvalue weighted by Crippen LogP contribution is -2.28. The number of aryl methyl sites for hydroxylation is 1. The second-order valence-electron chi connectivity index (χ2n) is 3.73. The third-order valence-corrected chi connectivity index (χ3v) is 3.00. The maximum Gasteiger partial charge on any atom is 0.129 e. The Labute approximate surface area is 94.3 Å². The molecule has 0 amide bonds. The predicted octanol–water partition coefficient (Wildman–Crippen LogP) is 2.62. The molecule has 0 fully saturated rings. The Hall–Kier alpha value is -0.770. The van der Waals surface area contributed by atoms with Crippen molar-refractivity contribution in [1.82, 2.24) is 5.48 Å². The molecule has 1 aromatic rings. The molecule has 1 aliphatic heterocycles. The van der Waals surface area contributed by atoms with Crippen LogP contribution in [0, 0.1) is 6.92 Å². The summed E-state index contributed by atoms with van der Waals surface area (Å²) in [5.41, 5.74) is 5.00. The number of fused-ring (bicyclic) bond motifs is 1. The molecule has 0 bridgehead atoms. The van der Waals surface area contributed by atoms with Crippen LogP contribution < -0.4 is 10.2 Å². The van der Waals surface area contributed by atoms with Crippen LogP contribution in [0.25, 0.3) is 0 Å². The van der Waals surface area contributed by atoms with E-state index in [2.05, 4.69) is 5.48 Å². The summed E-state index contributed by atoms with van der Waals surface area (Å²) >= 11 is 6.16. The third-order valence-electron chi connectivity index (χ3n) is 2.67. The van der Waals surface area contributed by atoms with Crippen LogP contribution in [0.15, 0.2) is 12.1 Å². The molecule has 15 heavy (non-hydrogen) atoms. The highest BCUT2D eigenvalue weighted by Gasteiger charge is 2.34. The van der Waals surface area contributed by atoms with Gasteiger partial charge in [-0.2, -0.15) is 5.48 Å². The normalized spacial score (nSPS) is 23.7. The van der Waals surface area contributed by atoms with E-state index in [0.29, 0.717) is 0 Å². The molecule has 0 saturated carbocycles. The van der Waals surface area contributed by atoms with Crippen molar-refractivity contribution in [3.63, 3.8) is 0 Å². The maximum absolute atomic E-state index is 6.16. The van der Waals surface area contributed by atoms with Crippen molar-refractivity contribution in [2.24, 2.45) is 0 Å². The lowest BCUT2D eigenvalue weighted by atomic mass is 10.0. The Bertz CT molecular complexity index is 381. The highest BCUT2D eigenvalue weighted by atomic mass is 35.5. The second-order valence-corrected chi connectivity index (χ2v) is 4.14. The fraction of sp³-hybridized carbons (Fsp3) is 0.455. The van der Waals surface area contributed by atoms with Gasteiger partial charge in [0.1, 0.15) is 11.9 Å². The van der Waals surface area contributed by atoms with Gasteiger partial charge in [-0.25, -0.2) is 0 Å². The largest absolute Gasteiger partial charge is 0.488 e. The van der Waals surface area contributed by atoms with Gasteiger partial charge in [-0.1, -0.05) is 17.7 Å². The number of hydroxylamine groups is 1. The van der Waals surface area contributed by atoms with Crippen molar-refractivity contribution in [3.05, 3.63) is 28.3 Å². The zero-order valence-electron chi connectivity index (χ0n) is 9.00. The van der Waals surface area contributed by atoms with Gasteiger partial charge in [0.05, 0.1) is 13.2 Å². The minimum atomic E-state index is -0.00241. The molecule has 1 heterocycles. The van der Waals surface area contributed by atoms with Gasteiger partial charge < -0.3 is 9.57 Å². The van der Waals surface area contributed by atoms with E-state index in [1.54, 1.807) is 7.11 Å². The minimum absolute atomic E-state index is 0.00241. The van der Waals surface area contributed by atoms with Gasteiger partial charge in [0.15, 0.2) is 0 Å².